The van der Waals surface area contributed by atoms with Crippen LogP contribution in [0.1, 0.15) is 32.6 Å². The van der Waals surface area contributed by atoms with Crippen LogP contribution in [0.4, 0.5) is 5.82 Å². The Hall–Kier alpha value is -1.29. The van der Waals surface area contributed by atoms with Crippen LogP contribution in [0, 0.1) is 0 Å². The molecular formula is C13H20N2O2. The number of nitrogens with zero attached hydrogens (tertiary/aromatic N) is 1. The van der Waals surface area contributed by atoms with E-state index in [2.05, 4.69) is 17.2 Å². The van der Waals surface area contributed by atoms with Crippen molar-refractivity contribution < 1.29 is 9.84 Å². The van der Waals surface area contributed by atoms with Crippen LogP contribution in [0.2, 0.25) is 0 Å². The third-order valence-electron chi connectivity index (χ3n) is 3.23. The van der Waals surface area contributed by atoms with Crippen molar-refractivity contribution in [3.63, 3.8) is 0 Å². The van der Waals surface area contributed by atoms with Gasteiger partial charge in [-0.3, -0.25) is 0 Å². The van der Waals surface area contributed by atoms with Gasteiger partial charge in [-0.1, -0.05) is 6.92 Å². The molecule has 2 rings (SSSR count). The van der Waals surface area contributed by atoms with E-state index in [1.807, 2.05) is 12.1 Å². The van der Waals surface area contributed by atoms with Crippen molar-refractivity contribution in [1.29, 1.82) is 0 Å². The van der Waals surface area contributed by atoms with Crippen LogP contribution in [-0.2, 0) is 0 Å². The van der Waals surface area contributed by atoms with Crippen molar-refractivity contribution >= 4 is 5.82 Å². The van der Waals surface area contributed by atoms with E-state index in [0.29, 0.717) is 6.61 Å². The molecule has 1 saturated carbocycles. The van der Waals surface area contributed by atoms with Crippen molar-refractivity contribution in [3.8, 4) is 5.75 Å². The normalized spacial score (nSPS) is 17.3. The summed E-state index contributed by atoms with van der Waals surface area (Å²) in [5.41, 5.74) is -0.182. The molecule has 4 nitrogen and oxygen atoms in total. The molecule has 0 aromatic carbocycles. The molecule has 1 aromatic heterocycles. The van der Waals surface area contributed by atoms with E-state index in [1.54, 1.807) is 6.20 Å². The number of aliphatic hydroxyl groups excluding tert-OH is 1. The summed E-state index contributed by atoms with van der Waals surface area (Å²) in [5.74, 6) is 1.52. The first kappa shape index (κ1) is 12.2. The maximum absolute atomic E-state index is 9.43. The molecule has 0 saturated heterocycles. The molecule has 0 atom stereocenters. The molecular weight excluding hydrogens is 216 g/mol. The summed E-state index contributed by atoms with van der Waals surface area (Å²) in [6.45, 7) is 2.91. The quantitative estimate of drug-likeness (QED) is 0.795. The monoisotopic (exact) mass is 236 g/mol. The Balaban J connectivity index is 2.08. The first-order valence-electron chi connectivity index (χ1n) is 6.26. The summed E-state index contributed by atoms with van der Waals surface area (Å²) >= 11 is 0. The van der Waals surface area contributed by atoms with Crippen molar-refractivity contribution in [3.05, 3.63) is 18.3 Å². The number of hydrogen-bond donors (Lipinski definition) is 2. The van der Waals surface area contributed by atoms with Gasteiger partial charge in [-0.25, -0.2) is 4.98 Å². The number of anilines is 1. The van der Waals surface area contributed by atoms with Crippen LogP contribution in [0.15, 0.2) is 18.3 Å². The molecule has 0 bridgehead atoms. The largest absolute Gasteiger partial charge is 0.490 e. The van der Waals surface area contributed by atoms with Gasteiger partial charge in [0.15, 0.2) is 11.6 Å². The number of ether oxygens (including phenoxy) is 1. The van der Waals surface area contributed by atoms with Gasteiger partial charge in [-0.05, 0) is 37.8 Å². The summed E-state index contributed by atoms with van der Waals surface area (Å²) in [5, 5.41) is 12.8. The van der Waals surface area contributed by atoms with Gasteiger partial charge >= 0.3 is 0 Å². The second-order valence-electron chi connectivity index (χ2n) is 4.62. The van der Waals surface area contributed by atoms with Crippen molar-refractivity contribution in [1.82, 2.24) is 4.98 Å². The maximum Gasteiger partial charge on any atom is 0.169 e. The first-order chi connectivity index (χ1) is 8.29. The SMILES string of the molecule is CCCOc1cccnc1NC1(CO)CCC1. The van der Waals surface area contributed by atoms with E-state index in [9.17, 15) is 5.11 Å². The lowest BCUT2D eigenvalue weighted by Gasteiger charge is -2.41. The predicted molar refractivity (Wildman–Crippen MR) is 67.3 cm³/mol. The Kier molecular flexibility index (Phi) is 3.84. The standard InChI is InChI=1S/C13H20N2O2/c1-2-9-17-11-5-3-8-14-12(11)15-13(10-16)6-4-7-13/h3,5,8,16H,2,4,6-7,9-10H2,1H3,(H,14,15). The van der Waals surface area contributed by atoms with Gasteiger partial charge < -0.3 is 15.2 Å². The van der Waals surface area contributed by atoms with Crippen LogP contribution < -0.4 is 10.1 Å². The molecule has 1 fully saturated rings. The third kappa shape index (κ3) is 2.69. The van der Waals surface area contributed by atoms with Crippen molar-refractivity contribution in [2.75, 3.05) is 18.5 Å². The van der Waals surface area contributed by atoms with E-state index >= 15 is 0 Å². The lowest BCUT2D eigenvalue weighted by molar-refractivity contribution is 0.143. The van der Waals surface area contributed by atoms with Gasteiger partial charge in [-0.2, -0.15) is 0 Å². The second kappa shape index (κ2) is 5.36. The Morgan fingerprint density at radius 1 is 1.53 bits per heavy atom. The fraction of sp³-hybridized carbons (Fsp3) is 0.615. The second-order valence-corrected chi connectivity index (χ2v) is 4.62. The molecule has 0 unspecified atom stereocenters. The average molecular weight is 236 g/mol. The Morgan fingerprint density at radius 2 is 2.35 bits per heavy atom. The lowest BCUT2D eigenvalue weighted by Crippen LogP contribution is -2.48. The van der Waals surface area contributed by atoms with Crippen LogP contribution in [-0.4, -0.2) is 28.8 Å². The zero-order valence-electron chi connectivity index (χ0n) is 10.3. The molecule has 4 heteroatoms. The summed E-state index contributed by atoms with van der Waals surface area (Å²) in [4.78, 5) is 4.30. The molecule has 17 heavy (non-hydrogen) atoms. The molecule has 1 aliphatic carbocycles. The Bertz CT molecular complexity index is 359. The molecule has 94 valence electrons. The highest BCUT2D eigenvalue weighted by Crippen LogP contribution is 2.36. The minimum absolute atomic E-state index is 0.150. The van der Waals surface area contributed by atoms with E-state index in [-0.39, 0.29) is 12.1 Å². The number of nitrogens with one attached hydrogen (secondary N) is 1. The van der Waals surface area contributed by atoms with Crippen LogP contribution in [0.5, 0.6) is 5.75 Å². The molecule has 0 radical (unpaired) electrons. The zero-order valence-corrected chi connectivity index (χ0v) is 10.3. The van der Waals surface area contributed by atoms with Gasteiger partial charge in [0.2, 0.25) is 0 Å². The number of pyridine rings is 1. The van der Waals surface area contributed by atoms with E-state index in [4.69, 9.17) is 4.74 Å². The molecule has 0 spiro atoms. The fourth-order valence-electron chi connectivity index (χ4n) is 1.99. The van der Waals surface area contributed by atoms with Crippen LogP contribution in [0.25, 0.3) is 0 Å². The summed E-state index contributed by atoms with van der Waals surface area (Å²) in [6, 6.07) is 3.78. The van der Waals surface area contributed by atoms with Crippen LogP contribution >= 0.6 is 0 Å². The molecule has 1 aromatic rings. The summed E-state index contributed by atoms with van der Waals surface area (Å²) < 4.78 is 5.64. The summed E-state index contributed by atoms with van der Waals surface area (Å²) in [6.07, 6.45) is 5.86. The smallest absolute Gasteiger partial charge is 0.169 e. The van der Waals surface area contributed by atoms with Crippen LogP contribution in [0.3, 0.4) is 0 Å². The zero-order chi connectivity index (χ0) is 12.1. The van der Waals surface area contributed by atoms with Gasteiger partial charge in [0, 0.05) is 6.20 Å². The van der Waals surface area contributed by atoms with Crippen molar-refractivity contribution in [2.45, 2.75) is 38.1 Å². The van der Waals surface area contributed by atoms with Gasteiger partial charge in [-0.15, -0.1) is 0 Å². The summed E-state index contributed by atoms with van der Waals surface area (Å²) in [7, 11) is 0. The van der Waals surface area contributed by atoms with Crippen molar-refractivity contribution in [2.24, 2.45) is 0 Å². The predicted octanol–water partition coefficient (Wildman–Crippen LogP) is 2.20. The van der Waals surface area contributed by atoms with E-state index in [0.717, 1.165) is 37.3 Å². The molecule has 1 heterocycles. The fourth-order valence-corrected chi connectivity index (χ4v) is 1.99. The molecule has 2 N–H and O–H groups in total. The number of hydrogen-bond acceptors (Lipinski definition) is 4. The number of aliphatic hydroxyl groups is 1. The Morgan fingerprint density at radius 3 is 2.94 bits per heavy atom. The van der Waals surface area contributed by atoms with E-state index < -0.39 is 0 Å². The topological polar surface area (TPSA) is 54.4 Å². The third-order valence-corrected chi connectivity index (χ3v) is 3.23. The van der Waals surface area contributed by atoms with Gasteiger partial charge in [0.1, 0.15) is 0 Å². The van der Waals surface area contributed by atoms with Gasteiger partial charge in [0.05, 0.1) is 18.8 Å². The van der Waals surface area contributed by atoms with Gasteiger partial charge in [0.25, 0.3) is 0 Å². The molecule has 0 amide bonds. The lowest BCUT2D eigenvalue weighted by atomic mass is 9.77. The minimum Gasteiger partial charge on any atom is -0.490 e. The molecule has 0 aliphatic heterocycles. The number of aromatic nitrogens is 1. The number of rotatable bonds is 6. The highest BCUT2D eigenvalue weighted by atomic mass is 16.5. The Labute approximate surface area is 102 Å². The minimum atomic E-state index is -0.182. The first-order valence-corrected chi connectivity index (χ1v) is 6.26. The molecule has 1 aliphatic rings. The highest BCUT2D eigenvalue weighted by Gasteiger charge is 2.37. The van der Waals surface area contributed by atoms with E-state index in [1.165, 1.54) is 0 Å². The highest BCUT2D eigenvalue weighted by molar-refractivity contribution is 5.51. The average Bonchev–Trinajstić information content (AvgIpc) is 2.32. The maximum atomic E-state index is 9.43.